The van der Waals surface area contributed by atoms with E-state index in [9.17, 15) is 5.11 Å². The van der Waals surface area contributed by atoms with E-state index in [4.69, 9.17) is 14.2 Å². The van der Waals surface area contributed by atoms with Crippen molar-refractivity contribution in [1.82, 2.24) is 0 Å². The van der Waals surface area contributed by atoms with Gasteiger partial charge in [0.15, 0.2) is 0 Å². The Morgan fingerprint density at radius 2 is 2.06 bits per heavy atom. The third-order valence-corrected chi connectivity index (χ3v) is 3.04. The van der Waals surface area contributed by atoms with Crippen LogP contribution in [0.1, 0.15) is 5.56 Å². The molecule has 1 N–H and O–H groups in total. The molecule has 0 saturated carbocycles. The second-order valence-corrected chi connectivity index (χ2v) is 4.00. The molecule has 1 heterocycles. The lowest BCUT2D eigenvalue weighted by Gasteiger charge is -2.41. The average molecular weight is 224 g/mol. The van der Waals surface area contributed by atoms with E-state index in [1.165, 1.54) is 0 Å². The predicted octanol–water partition coefficient (Wildman–Crippen LogP) is 0.964. The van der Waals surface area contributed by atoms with Crippen LogP contribution in [0.3, 0.4) is 0 Å². The van der Waals surface area contributed by atoms with Crippen LogP contribution in [-0.4, -0.2) is 39.1 Å². The molecule has 16 heavy (non-hydrogen) atoms. The van der Waals surface area contributed by atoms with E-state index in [-0.39, 0.29) is 12.0 Å². The molecule has 1 fully saturated rings. The van der Waals surface area contributed by atoms with Crippen molar-refractivity contribution in [1.29, 1.82) is 0 Å². The van der Waals surface area contributed by atoms with Gasteiger partial charge in [0.25, 0.3) is 0 Å². The normalized spacial score (nSPS) is 17.7. The van der Waals surface area contributed by atoms with Crippen LogP contribution in [0.25, 0.3) is 0 Å². The number of hydrogen-bond acceptors (Lipinski definition) is 4. The highest BCUT2D eigenvalue weighted by Crippen LogP contribution is 2.39. The van der Waals surface area contributed by atoms with Gasteiger partial charge in [0.2, 0.25) is 0 Å². The molecule has 0 atom stereocenters. The Hall–Kier alpha value is -1.26. The van der Waals surface area contributed by atoms with Crippen LogP contribution in [0.2, 0.25) is 0 Å². The highest BCUT2D eigenvalue weighted by atomic mass is 16.5. The van der Waals surface area contributed by atoms with Gasteiger partial charge in [-0.25, -0.2) is 0 Å². The topological polar surface area (TPSA) is 47.9 Å². The molecule has 0 radical (unpaired) electrons. The third kappa shape index (κ3) is 1.64. The van der Waals surface area contributed by atoms with Crippen LogP contribution in [-0.2, 0) is 10.2 Å². The Bertz CT molecular complexity index is 366. The summed E-state index contributed by atoms with van der Waals surface area (Å²) in [5, 5.41) is 9.50. The molecule has 0 aliphatic carbocycles. The summed E-state index contributed by atoms with van der Waals surface area (Å²) in [5.74, 6) is 1.52. The minimum absolute atomic E-state index is 0.0521. The number of ether oxygens (including phenoxy) is 3. The Morgan fingerprint density at radius 1 is 1.31 bits per heavy atom. The van der Waals surface area contributed by atoms with E-state index in [0.717, 1.165) is 17.1 Å². The molecule has 2 rings (SSSR count). The van der Waals surface area contributed by atoms with Crippen molar-refractivity contribution in [3.05, 3.63) is 23.8 Å². The molecule has 4 heteroatoms. The minimum Gasteiger partial charge on any atom is -0.497 e. The van der Waals surface area contributed by atoms with Crippen molar-refractivity contribution in [3.8, 4) is 11.5 Å². The number of methoxy groups -OCH3 is 2. The molecule has 1 aromatic carbocycles. The van der Waals surface area contributed by atoms with Crippen molar-refractivity contribution in [3.63, 3.8) is 0 Å². The van der Waals surface area contributed by atoms with Crippen LogP contribution in [0.5, 0.6) is 11.5 Å². The highest BCUT2D eigenvalue weighted by molar-refractivity contribution is 5.46. The van der Waals surface area contributed by atoms with E-state index < -0.39 is 0 Å². The van der Waals surface area contributed by atoms with Crippen molar-refractivity contribution < 1.29 is 19.3 Å². The Balaban J connectivity index is 2.43. The minimum atomic E-state index is -0.333. The molecule has 0 aromatic heterocycles. The first-order chi connectivity index (χ1) is 7.75. The van der Waals surface area contributed by atoms with Gasteiger partial charge in [0, 0.05) is 5.56 Å². The maximum atomic E-state index is 9.50. The van der Waals surface area contributed by atoms with E-state index >= 15 is 0 Å². The zero-order valence-electron chi connectivity index (χ0n) is 9.53. The number of benzene rings is 1. The van der Waals surface area contributed by atoms with E-state index in [1.807, 2.05) is 18.2 Å². The van der Waals surface area contributed by atoms with Crippen molar-refractivity contribution in [2.45, 2.75) is 5.41 Å². The fraction of sp³-hybridized carbons (Fsp3) is 0.500. The monoisotopic (exact) mass is 224 g/mol. The summed E-state index contributed by atoms with van der Waals surface area (Å²) < 4.78 is 15.7. The number of hydrogen-bond donors (Lipinski definition) is 1. The largest absolute Gasteiger partial charge is 0.497 e. The van der Waals surface area contributed by atoms with Crippen LogP contribution >= 0.6 is 0 Å². The molecule has 88 valence electrons. The van der Waals surface area contributed by atoms with Gasteiger partial charge in [0.05, 0.1) is 39.5 Å². The summed E-state index contributed by atoms with van der Waals surface area (Å²) in [6.45, 7) is 1.09. The van der Waals surface area contributed by atoms with Crippen molar-refractivity contribution >= 4 is 0 Å². The first-order valence-electron chi connectivity index (χ1n) is 5.17. The van der Waals surface area contributed by atoms with Crippen LogP contribution in [0, 0.1) is 0 Å². The average Bonchev–Trinajstić information content (AvgIpc) is 2.28. The van der Waals surface area contributed by atoms with Crippen molar-refractivity contribution in [2.75, 3.05) is 34.0 Å². The van der Waals surface area contributed by atoms with E-state index in [1.54, 1.807) is 14.2 Å². The zero-order chi connectivity index (χ0) is 11.6. The zero-order valence-corrected chi connectivity index (χ0v) is 9.53. The maximum absolute atomic E-state index is 9.50. The van der Waals surface area contributed by atoms with E-state index in [0.29, 0.717) is 13.2 Å². The van der Waals surface area contributed by atoms with Crippen LogP contribution < -0.4 is 9.47 Å². The molecular weight excluding hydrogens is 208 g/mol. The SMILES string of the molecule is COc1ccc(OC)c(C2(CO)COC2)c1. The smallest absolute Gasteiger partial charge is 0.123 e. The van der Waals surface area contributed by atoms with Crippen molar-refractivity contribution in [2.24, 2.45) is 0 Å². The van der Waals surface area contributed by atoms with Crippen LogP contribution in [0.4, 0.5) is 0 Å². The number of rotatable bonds is 4. The molecule has 0 amide bonds. The van der Waals surface area contributed by atoms with Gasteiger partial charge in [-0.1, -0.05) is 0 Å². The fourth-order valence-electron chi connectivity index (χ4n) is 1.91. The lowest BCUT2D eigenvalue weighted by molar-refractivity contribution is -0.0850. The number of aliphatic hydroxyl groups is 1. The Morgan fingerprint density at radius 3 is 2.50 bits per heavy atom. The van der Waals surface area contributed by atoms with Gasteiger partial charge in [-0.2, -0.15) is 0 Å². The lowest BCUT2D eigenvalue weighted by Crippen LogP contribution is -2.49. The van der Waals surface area contributed by atoms with Gasteiger partial charge < -0.3 is 19.3 Å². The fourth-order valence-corrected chi connectivity index (χ4v) is 1.91. The standard InChI is InChI=1S/C12H16O4/c1-14-9-3-4-11(15-2)10(5-9)12(6-13)7-16-8-12/h3-5,13H,6-8H2,1-2H3. The molecular formula is C12H16O4. The lowest BCUT2D eigenvalue weighted by atomic mass is 9.79. The molecule has 0 unspecified atom stereocenters. The summed E-state index contributed by atoms with van der Waals surface area (Å²) in [6.07, 6.45) is 0. The molecule has 4 nitrogen and oxygen atoms in total. The third-order valence-electron chi connectivity index (χ3n) is 3.04. The number of aliphatic hydroxyl groups excluding tert-OH is 1. The highest BCUT2D eigenvalue weighted by Gasteiger charge is 2.42. The summed E-state index contributed by atoms with van der Waals surface area (Å²) in [4.78, 5) is 0. The van der Waals surface area contributed by atoms with Gasteiger partial charge in [-0.3, -0.25) is 0 Å². The second kappa shape index (κ2) is 4.31. The molecule has 1 aliphatic rings. The first kappa shape index (κ1) is 11.2. The molecule has 1 aliphatic heterocycles. The van der Waals surface area contributed by atoms with Gasteiger partial charge >= 0.3 is 0 Å². The van der Waals surface area contributed by atoms with Crippen LogP contribution in [0.15, 0.2) is 18.2 Å². The summed E-state index contributed by atoms with van der Waals surface area (Å²) >= 11 is 0. The Kier molecular flexibility index (Phi) is 3.03. The molecule has 0 bridgehead atoms. The van der Waals surface area contributed by atoms with Gasteiger partial charge in [-0.15, -0.1) is 0 Å². The van der Waals surface area contributed by atoms with Gasteiger partial charge in [-0.05, 0) is 18.2 Å². The summed E-state index contributed by atoms with van der Waals surface area (Å²) in [6, 6.07) is 5.59. The molecule has 0 spiro atoms. The molecule has 1 aromatic rings. The van der Waals surface area contributed by atoms with Gasteiger partial charge in [0.1, 0.15) is 11.5 Å². The van der Waals surface area contributed by atoms with E-state index in [2.05, 4.69) is 0 Å². The summed E-state index contributed by atoms with van der Waals surface area (Å²) in [7, 11) is 3.24. The first-order valence-corrected chi connectivity index (χ1v) is 5.17. The second-order valence-electron chi connectivity index (χ2n) is 4.00. The Labute approximate surface area is 94.8 Å². The maximum Gasteiger partial charge on any atom is 0.123 e. The summed E-state index contributed by atoms with van der Waals surface area (Å²) in [5.41, 5.74) is 0.614. The quantitative estimate of drug-likeness (QED) is 0.827. The predicted molar refractivity (Wildman–Crippen MR) is 59.1 cm³/mol. The molecule has 1 saturated heterocycles.